The summed E-state index contributed by atoms with van der Waals surface area (Å²) in [7, 11) is -7.99. The van der Waals surface area contributed by atoms with Crippen LogP contribution in [0.1, 0.15) is 99.3 Å². The first-order valence-electron chi connectivity index (χ1n) is 24.3. The second kappa shape index (κ2) is 24.6. The van der Waals surface area contributed by atoms with Gasteiger partial charge in [0.2, 0.25) is 31.9 Å². The van der Waals surface area contributed by atoms with Crippen LogP contribution in [-0.4, -0.2) is 113 Å². The summed E-state index contributed by atoms with van der Waals surface area (Å²) in [5.41, 5.74) is 11.8. The van der Waals surface area contributed by atoms with Crippen LogP contribution >= 0.6 is 0 Å². The first kappa shape index (κ1) is 56.0. The van der Waals surface area contributed by atoms with Gasteiger partial charge in [0.15, 0.2) is 9.49 Å². The molecule has 19 heteroatoms. The van der Waals surface area contributed by atoms with Crippen LogP contribution in [0, 0.1) is 24.3 Å². The van der Waals surface area contributed by atoms with Gasteiger partial charge < -0.3 is 40.3 Å². The van der Waals surface area contributed by atoms with E-state index in [9.17, 15) is 36.8 Å². The van der Waals surface area contributed by atoms with E-state index in [2.05, 4.69) is 62.4 Å². The minimum atomic E-state index is -3.99. The molecule has 2 amide bonds. The fraction of sp³-hybridized carbons (Fsp3) is 0.500. The van der Waals surface area contributed by atoms with E-state index >= 15 is 0 Å². The number of sulfonamides is 2. The number of piperidine rings is 2. The summed E-state index contributed by atoms with van der Waals surface area (Å²) in [5.74, 6) is 0.168. The van der Waals surface area contributed by atoms with Crippen LogP contribution in [0.3, 0.4) is 0 Å². The monoisotopic (exact) mass is 1110 g/mol. The van der Waals surface area contributed by atoms with Crippen molar-refractivity contribution in [1.82, 2.24) is 19.6 Å². The van der Waals surface area contributed by atoms with Gasteiger partial charge in [-0.05, 0) is 134 Å². The molecule has 388 valence electrons. The Balaban J connectivity index is 0.000000229. The smallest absolute Gasteiger partial charge is 0.759 e. The molecule has 0 aromatic heterocycles. The zero-order valence-electron chi connectivity index (χ0n) is 40.9. The molecule has 4 aromatic rings. The zero-order chi connectivity index (χ0) is 50.1. The number of rotatable bonds is 14. The molecule has 4 saturated heterocycles. The molecular weight excluding hydrogens is 1040 g/mol. The summed E-state index contributed by atoms with van der Waals surface area (Å²) < 4.78 is 75.1. The Kier molecular flexibility index (Phi) is 19.5. The molecule has 0 saturated carbocycles. The molecule has 4 aromatic carbocycles. The molecule has 0 aliphatic carbocycles. The van der Waals surface area contributed by atoms with Gasteiger partial charge in [-0.2, -0.15) is 0 Å². The number of hydrogen-bond donors (Lipinski definition) is 2. The van der Waals surface area contributed by atoms with E-state index in [1.165, 1.54) is 30.7 Å². The number of aryl methyl sites for hydroxylation is 2. The standard InChI is InChI=1S/2C26H33N2O6S.Pd/c2*1-3-34-23-6-4-5-22(18-23)24-8-7-21(17-19(24)2)20-9-13-28(14-10-20)35(31,32)26(25(29)27-30)11-15-33-16-12-26;/h2*4-8,17-18,20H,3,9-16H2,1-2H3,(H-,27,29,30);/q2*-1;+2. The van der Waals surface area contributed by atoms with E-state index in [0.29, 0.717) is 65.1 Å². The van der Waals surface area contributed by atoms with Crippen LogP contribution in [0.15, 0.2) is 84.9 Å². The fourth-order valence-electron chi connectivity index (χ4n) is 10.5. The SMILES string of the molecule is CCOc1cccc(-c2ccc(C3CCN(S(=O)(=O)C4(C(=O)N[O-])CCOCC4)CC3)cc2C)c1.CCOc1cccc(-c2ccc(C3CCN(S(=O)(=O)C4(C(=O)N[O-])CCOCC4)CC3)cc2C)c1.[Pd+2]. The third-order valence-corrected chi connectivity index (χ3v) is 19.8. The number of hydroxylamine groups is 2. The maximum Gasteiger partial charge on any atom is 2.00 e. The van der Waals surface area contributed by atoms with Gasteiger partial charge in [-0.1, -0.05) is 60.7 Å². The van der Waals surface area contributed by atoms with Gasteiger partial charge in [-0.3, -0.25) is 9.59 Å². The number of benzene rings is 4. The van der Waals surface area contributed by atoms with Crippen LogP contribution in [0.4, 0.5) is 0 Å². The number of ether oxygens (including phenoxy) is 4. The third-order valence-electron chi connectivity index (χ3n) is 14.5. The van der Waals surface area contributed by atoms with Gasteiger partial charge in [0.05, 0.1) is 13.2 Å². The second-order valence-corrected chi connectivity index (χ2v) is 23.0. The van der Waals surface area contributed by atoms with E-state index in [-0.39, 0.29) is 84.4 Å². The number of hydrogen-bond acceptors (Lipinski definition) is 12. The van der Waals surface area contributed by atoms with Gasteiger partial charge in [0.25, 0.3) is 0 Å². The van der Waals surface area contributed by atoms with Crippen LogP contribution in [-0.2, 0) is 59.5 Å². The first-order valence-corrected chi connectivity index (χ1v) is 27.2. The number of amides is 2. The Morgan fingerprint density at radius 3 is 1.25 bits per heavy atom. The molecular formula is C52H66N4O12PdS2. The second-order valence-electron chi connectivity index (χ2n) is 18.5. The minimum Gasteiger partial charge on any atom is -0.759 e. The molecule has 8 rings (SSSR count). The number of carbonyl (C=O) groups is 2. The van der Waals surface area contributed by atoms with Crippen LogP contribution in [0.25, 0.3) is 22.3 Å². The summed E-state index contributed by atoms with van der Waals surface area (Å²) in [5, 5.41) is 22.4. The van der Waals surface area contributed by atoms with Crippen molar-refractivity contribution in [3.05, 3.63) is 118 Å². The maximum absolute atomic E-state index is 13.5. The Hall–Kier alpha value is -4.26. The van der Waals surface area contributed by atoms with Gasteiger partial charge in [0.1, 0.15) is 11.5 Å². The van der Waals surface area contributed by atoms with E-state index in [1.54, 1.807) is 0 Å². The van der Waals surface area contributed by atoms with Crippen molar-refractivity contribution in [3.63, 3.8) is 0 Å². The molecule has 4 aliphatic heterocycles. The summed E-state index contributed by atoms with van der Waals surface area (Å²) >= 11 is 0. The molecule has 0 spiro atoms. The van der Waals surface area contributed by atoms with Crippen molar-refractivity contribution in [1.29, 1.82) is 0 Å². The maximum atomic E-state index is 13.5. The topological polar surface area (TPSA) is 216 Å². The number of nitrogens with one attached hydrogen (secondary N) is 2. The number of nitrogens with zero attached hydrogens (tertiary/aromatic N) is 2. The van der Waals surface area contributed by atoms with E-state index in [0.717, 1.165) is 44.9 Å². The largest absolute Gasteiger partial charge is 2.00 e. The van der Waals surface area contributed by atoms with Gasteiger partial charge >= 0.3 is 20.4 Å². The van der Waals surface area contributed by atoms with Crippen LogP contribution < -0.4 is 20.4 Å². The molecule has 0 radical (unpaired) electrons. The summed E-state index contributed by atoms with van der Waals surface area (Å²) in [4.78, 5) is 24.8. The molecule has 2 N–H and O–H groups in total. The third kappa shape index (κ3) is 11.9. The Morgan fingerprint density at radius 1 is 0.592 bits per heavy atom. The van der Waals surface area contributed by atoms with Crippen LogP contribution in [0.2, 0.25) is 0 Å². The van der Waals surface area contributed by atoms with E-state index in [4.69, 9.17) is 18.9 Å². The molecule has 4 aliphatic rings. The van der Waals surface area contributed by atoms with Crippen molar-refractivity contribution >= 4 is 31.9 Å². The van der Waals surface area contributed by atoms with Crippen molar-refractivity contribution in [2.45, 2.75) is 100 Å². The Bertz CT molecular complexity index is 2490. The van der Waals surface area contributed by atoms with Gasteiger partial charge in [0, 0.05) is 78.3 Å². The minimum absolute atomic E-state index is 0. The first-order chi connectivity index (χ1) is 33.6. The molecule has 4 heterocycles. The fourth-order valence-corrected chi connectivity index (χ4v) is 14.8. The molecule has 16 nitrogen and oxygen atoms in total. The zero-order valence-corrected chi connectivity index (χ0v) is 44.1. The molecule has 0 unspecified atom stereocenters. The molecule has 0 bridgehead atoms. The van der Waals surface area contributed by atoms with Crippen molar-refractivity contribution in [2.24, 2.45) is 0 Å². The summed E-state index contributed by atoms with van der Waals surface area (Å²) in [6.07, 6.45) is 2.60. The van der Waals surface area contributed by atoms with Crippen molar-refractivity contribution in [2.75, 3.05) is 65.8 Å². The molecule has 71 heavy (non-hydrogen) atoms. The van der Waals surface area contributed by atoms with Gasteiger partial charge in [-0.25, -0.2) is 25.4 Å². The van der Waals surface area contributed by atoms with Crippen molar-refractivity contribution in [3.8, 4) is 33.8 Å². The molecule has 0 atom stereocenters. The van der Waals surface area contributed by atoms with Crippen LogP contribution in [0.5, 0.6) is 11.5 Å². The normalized spacial score (nSPS) is 19.0. The predicted octanol–water partition coefficient (Wildman–Crippen LogP) is 7.46. The van der Waals surface area contributed by atoms with E-state index < -0.39 is 41.4 Å². The van der Waals surface area contributed by atoms with Crippen molar-refractivity contribution < 1.29 is 65.8 Å². The average Bonchev–Trinajstić information content (AvgIpc) is 3.39. The predicted molar refractivity (Wildman–Crippen MR) is 269 cm³/mol. The molecule has 4 fully saturated rings. The van der Waals surface area contributed by atoms with E-state index in [1.807, 2.05) is 50.2 Å². The van der Waals surface area contributed by atoms with Gasteiger partial charge in [-0.15, -0.1) is 0 Å². The summed E-state index contributed by atoms with van der Waals surface area (Å²) in [6.45, 7) is 11.2. The Morgan fingerprint density at radius 2 is 0.944 bits per heavy atom. The quantitative estimate of drug-likeness (QED) is 0.0930. The average molecular weight is 1110 g/mol. The number of carbonyl (C=O) groups excluding carboxylic acids is 2. The Labute approximate surface area is 432 Å². The summed E-state index contributed by atoms with van der Waals surface area (Å²) in [6, 6.07) is 28.9.